The van der Waals surface area contributed by atoms with Gasteiger partial charge in [0.2, 0.25) is 0 Å². The smallest absolute Gasteiger partial charge is 0.297 e. The number of benzene rings is 3. The third-order valence-electron chi connectivity index (χ3n) is 5.52. The highest BCUT2D eigenvalue weighted by Crippen LogP contribution is 2.31. The number of nitrogens with zero attached hydrogens (tertiary/aromatic N) is 1. The van der Waals surface area contributed by atoms with Crippen molar-refractivity contribution < 1.29 is 13.0 Å². The van der Waals surface area contributed by atoms with Crippen molar-refractivity contribution in [2.75, 3.05) is 0 Å². The van der Waals surface area contributed by atoms with E-state index in [2.05, 4.69) is 4.98 Å². The Labute approximate surface area is 169 Å². The highest BCUT2D eigenvalue weighted by atomic mass is 32.2. The second-order valence-corrected chi connectivity index (χ2v) is 8.77. The Morgan fingerprint density at radius 2 is 1.63 bits per heavy atom. The van der Waals surface area contributed by atoms with Crippen LogP contribution in [-0.4, -0.2) is 22.5 Å². The number of hydrogen-bond acceptors (Lipinski definition) is 4. The van der Waals surface area contributed by atoms with Crippen molar-refractivity contribution in [3.8, 4) is 0 Å². The highest BCUT2D eigenvalue weighted by Gasteiger charge is 2.26. The molecule has 8 heteroatoms. The molecule has 2 N–H and O–H groups in total. The number of hydrogen-bond donors (Lipinski definition) is 2. The molecule has 0 fully saturated rings. The molecule has 0 saturated heterocycles. The lowest BCUT2D eigenvalue weighted by Gasteiger charge is -2.15. The first-order valence-corrected chi connectivity index (χ1v) is 10.6. The van der Waals surface area contributed by atoms with Gasteiger partial charge in [-0.1, -0.05) is 18.2 Å². The molecular formula is C22H16N2O5S. The lowest BCUT2D eigenvalue weighted by Crippen LogP contribution is -2.16. The number of aromatic nitrogens is 2. The lowest BCUT2D eigenvalue weighted by molar-refractivity contribution is 0.484. The van der Waals surface area contributed by atoms with Gasteiger partial charge in [-0.3, -0.25) is 14.1 Å². The largest absolute Gasteiger partial charge is 0.354 e. The number of para-hydroxylation sites is 1. The van der Waals surface area contributed by atoms with Crippen LogP contribution in [0.4, 0.5) is 0 Å². The lowest BCUT2D eigenvalue weighted by atomic mass is 10.0. The summed E-state index contributed by atoms with van der Waals surface area (Å²) in [6.07, 6.45) is 0. The van der Waals surface area contributed by atoms with Gasteiger partial charge in [-0.15, -0.1) is 0 Å². The molecule has 0 radical (unpaired) electrons. The van der Waals surface area contributed by atoms with E-state index in [9.17, 15) is 22.6 Å². The summed E-state index contributed by atoms with van der Waals surface area (Å²) >= 11 is 0. The summed E-state index contributed by atoms with van der Waals surface area (Å²) in [4.78, 5) is 29.0. The molecular weight excluding hydrogens is 404 g/mol. The molecule has 0 amide bonds. The van der Waals surface area contributed by atoms with Crippen LogP contribution in [0.1, 0.15) is 5.56 Å². The molecule has 0 saturated carbocycles. The predicted octanol–water partition coefficient (Wildman–Crippen LogP) is 3.24. The minimum atomic E-state index is -4.84. The van der Waals surface area contributed by atoms with Crippen molar-refractivity contribution in [3.05, 3.63) is 74.5 Å². The number of H-pyrrole nitrogens is 1. The molecule has 0 atom stereocenters. The molecule has 0 aliphatic rings. The van der Waals surface area contributed by atoms with Gasteiger partial charge in [-0.25, -0.2) is 0 Å². The van der Waals surface area contributed by atoms with Crippen LogP contribution in [0.2, 0.25) is 0 Å². The van der Waals surface area contributed by atoms with Crippen LogP contribution in [0.3, 0.4) is 0 Å². The van der Waals surface area contributed by atoms with Crippen LogP contribution in [0.5, 0.6) is 0 Å². The molecule has 0 aliphatic heterocycles. The molecule has 5 aromatic rings. The van der Waals surface area contributed by atoms with Gasteiger partial charge < -0.3 is 9.55 Å². The Morgan fingerprint density at radius 3 is 2.37 bits per heavy atom. The van der Waals surface area contributed by atoms with Crippen LogP contribution in [0.15, 0.2) is 63.0 Å². The van der Waals surface area contributed by atoms with Gasteiger partial charge in [-0.05, 0) is 42.8 Å². The van der Waals surface area contributed by atoms with E-state index in [-0.39, 0.29) is 27.2 Å². The van der Waals surface area contributed by atoms with Crippen molar-refractivity contribution in [2.45, 2.75) is 11.8 Å². The minimum Gasteiger partial charge on any atom is -0.354 e. The van der Waals surface area contributed by atoms with Crippen molar-refractivity contribution in [2.24, 2.45) is 7.05 Å². The van der Waals surface area contributed by atoms with Crippen molar-refractivity contribution >= 4 is 53.7 Å². The van der Waals surface area contributed by atoms with E-state index in [4.69, 9.17) is 0 Å². The Balaban J connectivity index is 2.21. The van der Waals surface area contributed by atoms with E-state index in [0.717, 1.165) is 5.56 Å². The summed E-state index contributed by atoms with van der Waals surface area (Å²) in [5, 5.41) is 0.626. The number of fused-ring (bicyclic) bond motifs is 4. The standard InChI is InChI=1S/C22H16N2O5S/c1-11-7-8-12-15(9-11)23-16-10-14-19(22(30(27,28)29)18(16)21(12)26)24(2)17-6-4-3-5-13(17)20(14)25/h3-10H,1-2H3,(H,23,26)(H,27,28,29). The Hall–Kier alpha value is -3.49. The fourth-order valence-electron chi connectivity index (χ4n) is 4.19. The summed E-state index contributed by atoms with van der Waals surface area (Å²) in [5.74, 6) is 0. The summed E-state index contributed by atoms with van der Waals surface area (Å²) in [7, 11) is -3.24. The maximum atomic E-state index is 13.3. The molecule has 0 bridgehead atoms. The van der Waals surface area contributed by atoms with E-state index in [0.29, 0.717) is 21.8 Å². The summed E-state index contributed by atoms with van der Waals surface area (Å²) in [6, 6.07) is 13.4. The third-order valence-corrected chi connectivity index (χ3v) is 6.43. The summed E-state index contributed by atoms with van der Waals surface area (Å²) in [6.45, 7) is 1.87. The van der Waals surface area contributed by atoms with Gasteiger partial charge in [0.05, 0.1) is 21.9 Å². The normalized spacial score (nSPS) is 12.4. The van der Waals surface area contributed by atoms with Gasteiger partial charge >= 0.3 is 0 Å². The molecule has 0 spiro atoms. The SMILES string of the molecule is Cc1ccc2c(=O)c3c(S(=O)(=O)O)c4c(cc3[nH]c2c1)c(=O)c1ccccc1n4C. The highest BCUT2D eigenvalue weighted by molar-refractivity contribution is 7.86. The first-order chi connectivity index (χ1) is 14.2. The van der Waals surface area contributed by atoms with E-state index < -0.39 is 20.4 Å². The van der Waals surface area contributed by atoms with Crippen LogP contribution < -0.4 is 10.9 Å². The minimum absolute atomic E-state index is 0.00865. The molecule has 7 nitrogen and oxygen atoms in total. The molecule has 5 rings (SSSR count). The van der Waals surface area contributed by atoms with Gasteiger partial charge in [0.1, 0.15) is 4.90 Å². The van der Waals surface area contributed by atoms with Crippen molar-refractivity contribution in [3.63, 3.8) is 0 Å². The fraction of sp³-hybridized carbons (Fsp3) is 0.0909. The average molecular weight is 420 g/mol. The Kier molecular flexibility index (Phi) is 3.71. The second kappa shape index (κ2) is 6.01. The predicted molar refractivity (Wildman–Crippen MR) is 117 cm³/mol. The van der Waals surface area contributed by atoms with Gasteiger partial charge in [0.25, 0.3) is 10.1 Å². The second-order valence-electron chi connectivity index (χ2n) is 7.41. The topological polar surface area (TPSA) is 109 Å². The zero-order valence-corrected chi connectivity index (χ0v) is 16.9. The first-order valence-electron chi connectivity index (χ1n) is 9.17. The van der Waals surface area contributed by atoms with Gasteiger partial charge in [0, 0.05) is 28.7 Å². The molecule has 150 valence electrons. The molecule has 3 aromatic carbocycles. The van der Waals surface area contributed by atoms with E-state index >= 15 is 0 Å². The molecule has 2 aromatic heterocycles. The zero-order chi connectivity index (χ0) is 21.4. The molecule has 2 heterocycles. The zero-order valence-electron chi connectivity index (χ0n) is 16.1. The van der Waals surface area contributed by atoms with Crippen LogP contribution in [0.25, 0.3) is 43.6 Å². The maximum absolute atomic E-state index is 13.3. The van der Waals surface area contributed by atoms with Gasteiger partial charge in [0.15, 0.2) is 10.9 Å². The van der Waals surface area contributed by atoms with Gasteiger partial charge in [-0.2, -0.15) is 8.42 Å². The van der Waals surface area contributed by atoms with Crippen LogP contribution in [-0.2, 0) is 17.2 Å². The number of rotatable bonds is 1. The van der Waals surface area contributed by atoms with Crippen LogP contribution >= 0.6 is 0 Å². The average Bonchev–Trinajstić information content (AvgIpc) is 2.70. The summed E-state index contributed by atoms with van der Waals surface area (Å²) in [5.41, 5.74) is 1.17. The van der Waals surface area contributed by atoms with E-state index in [1.54, 1.807) is 49.5 Å². The number of pyridine rings is 2. The van der Waals surface area contributed by atoms with E-state index in [1.807, 2.05) is 6.92 Å². The Bertz CT molecular complexity index is 1780. The number of aromatic amines is 1. The molecule has 30 heavy (non-hydrogen) atoms. The monoisotopic (exact) mass is 420 g/mol. The summed E-state index contributed by atoms with van der Waals surface area (Å²) < 4.78 is 36.6. The number of nitrogens with one attached hydrogen (secondary N) is 1. The third kappa shape index (κ3) is 2.44. The van der Waals surface area contributed by atoms with Crippen molar-refractivity contribution in [1.82, 2.24) is 9.55 Å². The van der Waals surface area contributed by atoms with E-state index in [1.165, 1.54) is 10.6 Å². The Morgan fingerprint density at radius 1 is 0.900 bits per heavy atom. The maximum Gasteiger partial charge on any atom is 0.297 e. The van der Waals surface area contributed by atoms with Crippen molar-refractivity contribution in [1.29, 1.82) is 0 Å². The fourth-order valence-corrected chi connectivity index (χ4v) is 5.14. The van der Waals surface area contributed by atoms with Crippen LogP contribution in [0, 0.1) is 6.92 Å². The molecule has 0 aliphatic carbocycles. The quantitative estimate of drug-likeness (QED) is 0.320. The molecule has 0 unspecified atom stereocenters. The number of aryl methyl sites for hydroxylation is 2. The first kappa shape index (κ1) is 18.5.